The van der Waals surface area contributed by atoms with Gasteiger partial charge in [-0.05, 0) is 47.1 Å². The van der Waals surface area contributed by atoms with E-state index in [1.54, 1.807) is 12.1 Å². The highest BCUT2D eigenvalue weighted by molar-refractivity contribution is 5.28. The first kappa shape index (κ1) is 15.7. The van der Waals surface area contributed by atoms with Crippen LogP contribution in [0.3, 0.4) is 0 Å². The minimum Gasteiger partial charge on any atom is -0.392 e. The van der Waals surface area contributed by atoms with Crippen molar-refractivity contribution < 1.29 is 9.50 Å². The second-order valence-corrected chi connectivity index (χ2v) is 6.64. The number of hydrogen-bond acceptors (Lipinski definition) is 1. The summed E-state index contributed by atoms with van der Waals surface area (Å²) >= 11 is 0. The van der Waals surface area contributed by atoms with Gasteiger partial charge < -0.3 is 5.11 Å². The lowest BCUT2D eigenvalue weighted by molar-refractivity contribution is 0.175. The molecule has 21 heavy (non-hydrogen) atoms. The molecule has 112 valence electrons. The minimum absolute atomic E-state index is 0.144. The molecule has 2 aromatic carbocycles. The zero-order valence-electron chi connectivity index (χ0n) is 12.9. The number of benzene rings is 2. The predicted octanol–water partition coefficient (Wildman–Crippen LogP) is 4.27. The molecule has 0 fully saturated rings. The van der Waals surface area contributed by atoms with Crippen molar-refractivity contribution in [2.75, 3.05) is 0 Å². The van der Waals surface area contributed by atoms with Crippen LogP contribution in [0.5, 0.6) is 0 Å². The summed E-state index contributed by atoms with van der Waals surface area (Å²) < 4.78 is 12.8. The van der Waals surface area contributed by atoms with Crippen molar-refractivity contribution >= 4 is 0 Å². The van der Waals surface area contributed by atoms with Crippen LogP contribution in [-0.2, 0) is 18.3 Å². The van der Waals surface area contributed by atoms with Crippen LogP contribution in [0.25, 0.3) is 0 Å². The molecule has 1 atom stereocenters. The third-order valence-corrected chi connectivity index (χ3v) is 3.68. The van der Waals surface area contributed by atoms with Gasteiger partial charge in [0, 0.05) is 0 Å². The Morgan fingerprint density at radius 1 is 0.857 bits per heavy atom. The van der Waals surface area contributed by atoms with E-state index in [0.717, 1.165) is 11.1 Å². The van der Waals surface area contributed by atoms with Gasteiger partial charge in [-0.15, -0.1) is 0 Å². The number of halogens is 1. The number of rotatable bonds is 4. The van der Waals surface area contributed by atoms with E-state index in [1.165, 1.54) is 17.7 Å². The fraction of sp³-hybridized carbons (Fsp3) is 0.368. The average Bonchev–Trinajstić information content (AvgIpc) is 2.41. The van der Waals surface area contributed by atoms with Crippen LogP contribution < -0.4 is 0 Å². The van der Waals surface area contributed by atoms with Crippen molar-refractivity contribution in [2.45, 2.75) is 45.1 Å². The molecule has 0 radical (unpaired) electrons. The topological polar surface area (TPSA) is 20.2 Å². The molecule has 2 aromatic rings. The van der Waals surface area contributed by atoms with Gasteiger partial charge in [-0.3, -0.25) is 0 Å². The van der Waals surface area contributed by atoms with E-state index in [9.17, 15) is 9.50 Å². The first-order valence-corrected chi connectivity index (χ1v) is 7.36. The molecule has 0 aliphatic heterocycles. The van der Waals surface area contributed by atoms with Gasteiger partial charge in [0.15, 0.2) is 0 Å². The van der Waals surface area contributed by atoms with Crippen LogP contribution in [0, 0.1) is 5.82 Å². The van der Waals surface area contributed by atoms with Crippen LogP contribution in [0.15, 0.2) is 48.5 Å². The summed E-state index contributed by atoms with van der Waals surface area (Å²) in [4.78, 5) is 0. The molecule has 1 N–H and O–H groups in total. The summed E-state index contributed by atoms with van der Waals surface area (Å²) in [5.41, 5.74) is 3.51. The van der Waals surface area contributed by atoms with Gasteiger partial charge in [0.25, 0.3) is 0 Å². The molecule has 2 rings (SSSR count). The van der Waals surface area contributed by atoms with E-state index in [0.29, 0.717) is 12.8 Å². The van der Waals surface area contributed by atoms with Crippen LogP contribution in [0.4, 0.5) is 4.39 Å². The highest BCUT2D eigenvalue weighted by Gasteiger charge is 2.13. The number of aliphatic hydroxyl groups is 1. The summed E-state index contributed by atoms with van der Waals surface area (Å²) in [5, 5.41) is 10.2. The molecule has 0 saturated heterocycles. The van der Waals surface area contributed by atoms with Crippen molar-refractivity contribution in [3.8, 4) is 0 Å². The van der Waals surface area contributed by atoms with Crippen LogP contribution in [0.2, 0.25) is 0 Å². The lowest BCUT2D eigenvalue weighted by Gasteiger charge is -2.19. The SMILES string of the molecule is CC(C)(C)c1ccc(CC(O)Cc2ccc(F)cc2)cc1. The maximum absolute atomic E-state index is 12.8. The van der Waals surface area contributed by atoms with Crippen molar-refractivity contribution in [3.05, 3.63) is 71.0 Å². The monoisotopic (exact) mass is 286 g/mol. The molecule has 0 saturated carbocycles. The number of hydrogen-bond donors (Lipinski definition) is 1. The molecule has 0 aliphatic carbocycles. The molecule has 0 spiro atoms. The summed E-state index contributed by atoms with van der Waals surface area (Å²) in [6, 6.07) is 14.7. The molecule has 0 aliphatic rings. The van der Waals surface area contributed by atoms with Gasteiger partial charge in [-0.2, -0.15) is 0 Å². The van der Waals surface area contributed by atoms with E-state index < -0.39 is 6.10 Å². The highest BCUT2D eigenvalue weighted by atomic mass is 19.1. The quantitative estimate of drug-likeness (QED) is 0.890. The molecule has 0 bridgehead atoms. The minimum atomic E-state index is -0.448. The van der Waals surface area contributed by atoms with Crippen LogP contribution in [-0.4, -0.2) is 11.2 Å². The molecule has 1 nitrogen and oxygen atoms in total. The zero-order valence-corrected chi connectivity index (χ0v) is 12.9. The van der Waals surface area contributed by atoms with E-state index >= 15 is 0 Å². The molecule has 2 heteroatoms. The Hall–Kier alpha value is -1.67. The van der Waals surface area contributed by atoms with Crippen molar-refractivity contribution in [2.24, 2.45) is 0 Å². The van der Waals surface area contributed by atoms with E-state index in [1.807, 2.05) is 0 Å². The Bertz CT molecular complexity index is 564. The largest absolute Gasteiger partial charge is 0.392 e. The third kappa shape index (κ3) is 4.68. The van der Waals surface area contributed by atoms with Crippen molar-refractivity contribution in [1.82, 2.24) is 0 Å². The van der Waals surface area contributed by atoms with Gasteiger partial charge in [-0.25, -0.2) is 4.39 Å². The summed E-state index contributed by atoms with van der Waals surface area (Å²) in [5.74, 6) is -0.244. The predicted molar refractivity (Wildman–Crippen MR) is 85.0 cm³/mol. The van der Waals surface area contributed by atoms with Crippen molar-refractivity contribution in [1.29, 1.82) is 0 Å². The average molecular weight is 286 g/mol. The second-order valence-electron chi connectivity index (χ2n) is 6.64. The molecule has 0 amide bonds. The van der Waals surface area contributed by atoms with E-state index in [-0.39, 0.29) is 11.2 Å². The summed E-state index contributed by atoms with van der Waals surface area (Å²) in [6.07, 6.45) is 0.708. The van der Waals surface area contributed by atoms with Crippen LogP contribution >= 0.6 is 0 Å². The van der Waals surface area contributed by atoms with E-state index in [4.69, 9.17) is 0 Å². The summed E-state index contributed by atoms with van der Waals surface area (Å²) in [6.45, 7) is 6.56. The highest BCUT2D eigenvalue weighted by Crippen LogP contribution is 2.22. The lowest BCUT2D eigenvalue weighted by atomic mass is 9.86. The van der Waals surface area contributed by atoms with Gasteiger partial charge in [0.05, 0.1) is 6.10 Å². The molecule has 0 heterocycles. The van der Waals surface area contributed by atoms with Gasteiger partial charge in [0.2, 0.25) is 0 Å². The normalized spacial score (nSPS) is 13.2. The molecule has 1 unspecified atom stereocenters. The smallest absolute Gasteiger partial charge is 0.123 e. The molecular weight excluding hydrogens is 263 g/mol. The first-order chi connectivity index (χ1) is 9.84. The fourth-order valence-electron chi connectivity index (χ4n) is 2.38. The lowest BCUT2D eigenvalue weighted by Crippen LogP contribution is -2.15. The Labute approximate surface area is 126 Å². The Kier molecular flexibility index (Phi) is 4.79. The maximum atomic E-state index is 12.8. The van der Waals surface area contributed by atoms with Gasteiger partial charge in [-0.1, -0.05) is 57.2 Å². The van der Waals surface area contributed by atoms with Gasteiger partial charge in [0.1, 0.15) is 5.82 Å². The third-order valence-electron chi connectivity index (χ3n) is 3.68. The number of aliphatic hydroxyl groups excluding tert-OH is 1. The Morgan fingerprint density at radius 2 is 1.29 bits per heavy atom. The Morgan fingerprint density at radius 3 is 1.71 bits per heavy atom. The standard InChI is InChI=1S/C19H23FO/c1-19(2,3)16-8-4-14(5-9-16)12-18(21)13-15-6-10-17(20)11-7-15/h4-11,18,21H,12-13H2,1-3H3. The zero-order chi connectivity index (χ0) is 15.5. The first-order valence-electron chi connectivity index (χ1n) is 7.36. The maximum Gasteiger partial charge on any atom is 0.123 e. The molecular formula is C19H23FO. The van der Waals surface area contributed by atoms with E-state index in [2.05, 4.69) is 45.0 Å². The summed E-state index contributed by atoms with van der Waals surface area (Å²) in [7, 11) is 0. The Balaban J connectivity index is 1.96. The molecule has 0 aromatic heterocycles. The van der Waals surface area contributed by atoms with Crippen molar-refractivity contribution in [3.63, 3.8) is 0 Å². The second kappa shape index (κ2) is 6.40. The van der Waals surface area contributed by atoms with Gasteiger partial charge >= 0.3 is 0 Å². The van der Waals surface area contributed by atoms with Crippen LogP contribution in [0.1, 0.15) is 37.5 Å². The fourth-order valence-corrected chi connectivity index (χ4v) is 2.38.